The van der Waals surface area contributed by atoms with Crippen molar-refractivity contribution in [2.75, 3.05) is 30.4 Å². The predicted molar refractivity (Wildman–Crippen MR) is 129 cm³/mol. The molecule has 32 heavy (non-hydrogen) atoms. The lowest BCUT2D eigenvalue weighted by Crippen LogP contribution is -2.55. The van der Waals surface area contributed by atoms with E-state index in [9.17, 15) is 14.4 Å². The molecule has 3 atom stereocenters. The average Bonchev–Trinajstić information content (AvgIpc) is 2.77. The fraction of sp³-hybridized carbons (Fsp3) is 0.435. The number of aromatic nitrogens is 1. The molecular weight excluding hydrogens is 448 g/mol. The van der Waals surface area contributed by atoms with Crippen LogP contribution in [0.2, 0.25) is 5.02 Å². The third-order valence-electron chi connectivity index (χ3n) is 6.08. The van der Waals surface area contributed by atoms with E-state index >= 15 is 0 Å². The number of fused-ring (bicyclic) bond motifs is 4. The summed E-state index contributed by atoms with van der Waals surface area (Å²) in [6.45, 7) is 1.74. The zero-order chi connectivity index (χ0) is 22.7. The molecule has 2 aliphatic heterocycles. The molecule has 7 nitrogen and oxygen atoms in total. The van der Waals surface area contributed by atoms with Crippen molar-refractivity contribution >= 4 is 41.0 Å². The lowest BCUT2D eigenvalue weighted by Gasteiger charge is -2.43. The Morgan fingerprint density at radius 1 is 1.19 bits per heavy atom. The number of benzene rings is 1. The van der Waals surface area contributed by atoms with E-state index in [2.05, 4.69) is 10.6 Å². The van der Waals surface area contributed by atoms with E-state index in [0.717, 1.165) is 17.9 Å². The van der Waals surface area contributed by atoms with E-state index in [1.54, 1.807) is 53.1 Å². The molecule has 2 bridgehead atoms. The summed E-state index contributed by atoms with van der Waals surface area (Å²) in [5, 5.41) is 6.33. The van der Waals surface area contributed by atoms with E-state index in [0.29, 0.717) is 36.8 Å². The smallest absolute Gasteiger partial charge is 0.318 e. The van der Waals surface area contributed by atoms with Gasteiger partial charge in [0.25, 0.3) is 5.56 Å². The average molecular weight is 475 g/mol. The second-order valence-electron chi connectivity index (χ2n) is 8.39. The molecule has 3 heterocycles. The number of amides is 3. The van der Waals surface area contributed by atoms with Crippen LogP contribution in [-0.4, -0.2) is 52.5 Å². The minimum atomic E-state index is -0.648. The number of likely N-dealkylation sites (tertiary alicyclic amines) is 1. The SMILES string of the molecule is CSCC[C@H](NC(=O)N1C[C@@H]2C[C@H](C1)c1cccc(=O)n1C2)C(=O)Nc1cccc(Cl)c1. The van der Waals surface area contributed by atoms with Crippen molar-refractivity contribution < 1.29 is 9.59 Å². The molecule has 2 N–H and O–H groups in total. The molecule has 1 aromatic heterocycles. The van der Waals surface area contributed by atoms with Gasteiger partial charge in [0.1, 0.15) is 6.04 Å². The Kier molecular flexibility index (Phi) is 7.10. The maximum atomic E-state index is 13.1. The summed E-state index contributed by atoms with van der Waals surface area (Å²) in [5.74, 6) is 0.850. The molecule has 2 aliphatic rings. The molecule has 0 aliphatic carbocycles. The van der Waals surface area contributed by atoms with Gasteiger partial charge >= 0.3 is 6.03 Å². The van der Waals surface area contributed by atoms with Crippen LogP contribution >= 0.6 is 23.4 Å². The Balaban J connectivity index is 1.44. The Bertz CT molecular complexity index is 1060. The van der Waals surface area contributed by atoms with Crippen LogP contribution in [0.1, 0.15) is 24.5 Å². The van der Waals surface area contributed by atoms with Crippen molar-refractivity contribution in [2.45, 2.75) is 31.3 Å². The van der Waals surface area contributed by atoms with Gasteiger partial charge in [-0.2, -0.15) is 11.8 Å². The first-order valence-corrected chi connectivity index (χ1v) is 12.5. The van der Waals surface area contributed by atoms with Gasteiger partial charge in [0.2, 0.25) is 5.91 Å². The van der Waals surface area contributed by atoms with Crippen LogP contribution in [0.25, 0.3) is 0 Å². The van der Waals surface area contributed by atoms with Crippen molar-refractivity contribution in [3.05, 3.63) is 63.5 Å². The van der Waals surface area contributed by atoms with Crippen LogP contribution in [-0.2, 0) is 11.3 Å². The number of anilines is 1. The third-order valence-corrected chi connectivity index (χ3v) is 6.96. The second-order valence-corrected chi connectivity index (χ2v) is 9.81. The number of nitrogens with one attached hydrogen (secondary N) is 2. The lowest BCUT2D eigenvalue weighted by atomic mass is 9.83. The van der Waals surface area contributed by atoms with Gasteiger partial charge in [0.05, 0.1) is 0 Å². The molecule has 3 amide bonds. The lowest BCUT2D eigenvalue weighted by molar-refractivity contribution is -0.118. The Morgan fingerprint density at radius 3 is 2.78 bits per heavy atom. The number of halogens is 1. The monoisotopic (exact) mass is 474 g/mol. The number of thioether (sulfide) groups is 1. The normalized spacial score (nSPS) is 20.2. The van der Waals surface area contributed by atoms with E-state index in [-0.39, 0.29) is 29.3 Å². The molecule has 1 fully saturated rings. The number of urea groups is 1. The molecule has 9 heteroatoms. The minimum absolute atomic E-state index is 0.0184. The quantitative estimate of drug-likeness (QED) is 0.672. The molecule has 0 saturated carbocycles. The number of hydrogen-bond donors (Lipinski definition) is 2. The Morgan fingerprint density at radius 2 is 2.00 bits per heavy atom. The molecule has 0 spiro atoms. The molecule has 170 valence electrons. The molecule has 0 radical (unpaired) electrons. The van der Waals surface area contributed by atoms with Crippen molar-refractivity contribution in [3.8, 4) is 0 Å². The van der Waals surface area contributed by atoms with Gasteiger partial charge in [-0.1, -0.05) is 23.7 Å². The number of piperidine rings is 1. The van der Waals surface area contributed by atoms with Crippen molar-refractivity contribution in [2.24, 2.45) is 5.92 Å². The first-order valence-electron chi connectivity index (χ1n) is 10.7. The predicted octanol–water partition coefficient (Wildman–Crippen LogP) is 3.39. The van der Waals surface area contributed by atoms with E-state index < -0.39 is 6.04 Å². The molecule has 0 unspecified atom stereocenters. The van der Waals surface area contributed by atoms with Gasteiger partial charge in [0.15, 0.2) is 0 Å². The molecule has 4 rings (SSSR count). The highest BCUT2D eigenvalue weighted by Crippen LogP contribution is 2.34. The number of carbonyl (C=O) groups is 2. The third kappa shape index (κ3) is 5.13. The Labute approximate surface area is 196 Å². The molecule has 1 saturated heterocycles. The fourth-order valence-electron chi connectivity index (χ4n) is 4.60. The summed E-state index contributed by atoms with van der Waals surface area (Å²) in [6, 6.07) is 11.4. The fourth-order valence-corrected chi connectivity index (χ4v) is 5.26. The first kappa shape index (κ1) is 22.7. The van der Waals surface area contributed by atoms with Gasteiger partial charge in [-0.25, -0.2) is 4.79 Å². The van der Waals surface area contributed by atoms with Gasteiger partial charge in [-0.05, 0) is 55.0 Å². The second kappa shape index (κ2) is 10.0. The van der Waals surface area contributed by atoms with Crippen LogP contribution in [0, 0.1) is 5.92 Å². The molecular formula is C23H27ClN4O3S. The van der Waals surface area contributed by atoms with Gasteiger partial charge in [-0.15, -0.1) is 0 Å². The highest BCUT2D eigenvalue weighted by Gasteiger charge is 2.37. The van der Waals surface area contributed by atoms with E-state index in [1.807, 2.05) is 16.9 Å². The van der Waals surface area contributed by atoms with Crippen molar-refractivity contribution in [1.29, 1.82) is 0 Å². The zero-order valence-electron chi connectivity index (χ0n) is 17.9. The summed E-state index contributed by atoms with van der Waals surface area (Å²) in [6.07, 6.45) is 3.47. The van der Waals surface area contributed by atoms with Crippen LogP contribution in [0.5, 0.6) is 0 Å². The summed E-state index contributed by atoms with van der Waals surface area (Å²) >= 11 is 7.64. The number of rotatable bonds is 6. The maximum Gasteiger partial charge on any atom is 0.318 e. The summed E-state index contributed by atoms with van der Waals surface area (Å²) in [7, 11) is 0. The van der Waals surface area contributed by atoms with Crippen LogP contribution in [0.15, 0.2) is 47.3 Å². The topological polar surface area (TPSA) is 83.4 Å². The van der Waals surface area contributed by atoms with Crippen LogP contribution in [0.3, 0.4) is 0 Å². The van der Waals surface area contributed by atoms with Crippen LogP contribution < -0.4 is 16.2 Å². The molecule has 1 aromatic carbocycles. The van der Waals surface area contributed by atoms with E-state index in [4.69, 9.17) is 11.6 Å². The number of pyridine rings is 1. The number of carbonyl (C=O) groups excluding carboxylic acids is 2. The van der Waals surface area contributed by atoms with Crippen molar-refractivity contribution in [1.82, 2.24) is 14.8 Å². The van der Waals surface area contributed by atoms with Gasteiger partial charge in [-0.3, -0.25) is 9.59 Å². The van der Waals surface area contributed by atoms with Gasteiger partial charge in [0, 0.05) is 48.0 Å². The summed E-state index contributed by atoms with van der Waals surface area (Å²) in [5.41, 5.74) is 1.61. The Hall–Kier alpha value is -2.45. The van der Waals surface area contributed by atoms with E-state index in [1.165, 1.54) is 0 Å². The summed E-state index contributed by atoms with van der Waals surface area (Å²) < 4.78 is 1.84. The zero-order valence-corrected chi connectivity index (χ0v) is 19.5. The number of hydrogen-bond acceptors (Lipinski definition) is 4. The first-order chi connectivity index (χ1) is 15.4. The standard InChI is InChI=1S/C23H27ClN4O3S/c1-32-9-8-19(22(30)25-18-5-2-4-17(24)11-18)26-23(31)27-12-15-10-16(14-27)20-6-3-7-21(29)28(20)13-15/h2-7,11,15-16,19H,8-10,12-14H2,1H3,(H,25,30)(H,26,31)/t15-,16+,19-/m0/s1. The summed E-state index contributed by atoms with van der Waals surface area (Å²) in [4.78, 5) is 40.0. The minimum Gasteiger partial charge on any atom is -0.326 e. The highest BCUT2D eigenvalue weighted by atomic mass is 35.5. The van der Waals surface area contributed by atoms with Crippen LogP contribution in [0.4, 0.5) is 10.5 Å². The largest absolute Gasteiger partial charge is 0.326 e. The highest BCUT2D eigenvalue weighted by molar-refractivity contribution is 7.98. The van der Waals surface area contributed by atoms with Crippen molar-refractivity contribution in [3.63, 3.8) is 0 Å². The molecule has 2 aromatic rings. The maximum absolute atomic E-state index is 13.1. The number of nitrogens with zero attached hydrogens (tertiary/aromatic N) is 2. The van der Waals surface area contributed by atoms with Gasteiger partial charge < -0.3 is 20.1 Å².